The number of ketones is 1. The van der Waals surface area contributed by atoms with Crippen LogP contribution in [0.4, 0.5) is 0 Å². The lowest BCUT2D eigenvalue weighted by Gasteiger charge is -2.36. The first-order valence-corrected chi connectivity index (χ1v) is 10.6. The van der Waals surface area contributed by atoms with Gasteiger partial charge in [-0.3, -0.25) is 14.6 Å². The molecule has 1 heterocycles. The van der Waals surface area contributed by atoms with Gasteiger partial charge in [-0.1, -0.05) is 60.7 Å². The first kappa shape index (κ1) is 20.3. The monoisotopic (exact) mass is 401 g/mol. The second kappa shape index (κ2) is 8.39. The maximum absolute atomic E-state index is 13.4. The fourth-order valence-electron chi connectivity index (χ4n) is 4.65. The molecular weight excluding hydrogens is 374 g/mol. The van der Waals surface area contributed by atoms with E-state index in [1.54, 1.807) is 0 Å². The van der Waals surface area contributed by atoms with Gasteiger partial charge in [-0.2, -0.15) is 0 Å². The van der Waals surface area contributed by atoms with E-state index >= 15 is 0 Å². The molecule has 154 valence electrons. The number of allylic oxidation sites excluding steroid dienone is 2. The Morgan fingerprint density at radius 1 is 0.967 bits per heavy atom. The third kappa shape index (κ3) is 3.87. The van der Waals surface area contributed by atoms with Gasteiger partial charge in [0.15, 0.2) is 5.78 Å². The van der Waals surface area contributed by atoms with Crippen LogP contribution in [0.3, 0.4) is 0 Å². The highest BCUT2D eigenvalue weighted by Crippen LogP contribution is 2.46. The molecule has 1 aliphatic heterocycles. The van der Waals surface area contributed by atoms with E-state index in [1.165, 1.54) is 0 Å². The Morgan fingerprint density at radius 2 is 1.57 bits per heavy atom. The Labute approximate surface area is 177 Å². The van der Waals surface area contributed by atoms with Crippen LogP contribution in [0, 0.1) is 5.92 Å². The van der Waals surface area contributed by atoms with Gasteiger partial charge in [-0.05, 0) is 44.2 Å². The average molecular weight is 402 g/mol. The third-order valence-corrected chi connectivity index (χ3v) is 5.92. The summed E-state index contributed by atoms with van der Waals surface area (Å²) in [5.41, 5.74) is 4.33. The average Bonchev–Trinajstić information content (AvgIpc) is 2.73. The number of Topliss-reactive ketones (excluding diaryl/α,β-unsaturated/α-hetero) is 1. The number of hydrogen-bond acceptors (Lipinski definition) is 4. The number of hydrogen-bond donors (Lipinski definition) is 0. The van der Waals surface area contributed by atoms with Crippen molar-refractivity contribution in [3.63, 3.8) is 0 Å². The molecular formula is C26H27NO3. The highest BCUT2D eigenvalue weighted by atomic mass is 16.5. The van der Waals surface area contributed by atoms with Crippen LogP contribution in [0.2, 0.25) is 0 Å². The molecule has 30 heavy (non-hydrogen) atoms. The number of carbonyl (C=O) groups is 2. The summed E-state index contributed by atoms with van der Waals surface area (Å²) in [6.45, 7) is 5.56. The van der Waals surface area contributed by atoms with Crippen LogP contribution in [0.25, 0.3) is 0 Å². The van der Waals surface area contributed by atoms with E-state index in [0.29, 0.717) is 18.4 Å². The summed E-state index contributed by atoms with van der Waals surface area (Å²) in [5.74, 6) is -1.05. The second-order valence-corrected chi connectivity index (χ2v) is 8.40. The van der Waals surface area contributed by atoms with Crippen molar-refractivity contribution < 1.29 is 14.3 Å². The Morgan fingerprint density at radius 3 is 2.17 bits per heavy atom. The largest absolute Gasteiger partial charge is 0.462 e. The molecule has 0 bridgehead atoms. The molecule has 4 heteroatoms. The van der Waals surface area contributed by atoms with Crippen LogP contribution in [0.1, 0.15) is 56.6 Å². The van der Waals surface area contributed by atoms with Gasteiger partial charge in [0.2, 0.25) is 0 Å². The van der Waals surface area contributed by atoms with Gasteiger partial charge in [0.25, 0.3) is 0 Å². The summed E-state index contributed by atoms with van der Waals surface area (Å²) in [6.07, 6.45) is 0.923. The minimum atomic E-state index is -0.578. The van der Waals surface area contributed by atoms with Crippen molar-refractivity contribution >= 4 is 17.5 Å². The van der Waals surface area contributed by atoms with Gasteiger partial charge in [0.1, 0.15) is 5.92 Å². The van der Waals surface area contributed by atoms with Gasteiger partial charge in [-0.25, -0.2) is 0 Å². The highest BCUT2D eigenvalue weighted by molar-refractivity contribution is 6.09. The van der Waals surface area contributed by atoms with Crippen molar-refractivity contribution in [1.29, 1.82) is 0 Å². The molecule has 0 spiro atoms. The zero-order valence-electron chi connectivity index (χ0n) is 17.7. The molecule has 0 N–H and O–H groups in total. The Kier molecular flexibility index (Phi) is 5.67. The SMILES string of the molecule is CC1=NC2=C(C(=O)C[C@@H](c3ccccc3)C2)[C@H](c2ccccc2)C1C(=O)OC(C)C. The van der Waals surface area contributed by atoms with E-state index in [1.807, 2.05) is 69.3 Å². The molecule has 1 unspecified atom stereocenters. The van der Waals surface area contributed by atoms with E-state index in [0.717, 1.165) is 22.5 Å². The summed E-state index contributed by atoms with van der Waals surface area (Å²) < 4.78 is 5.56. The predicted octanol–water partition coefficient (Wildman–Crippen LogP) is 5.21. The summed E-state index contributed by atoms with van der Waals surface area (Å²) in [5, 5.41) is 0. The van der Waals surface area contributed by atoms with Crippen molar-refractivity contribution in [1.82, 2.24) is 0 Å². The van der Waals surface area contributed by atoms with Gasteiger partial charge < -0.3 is 4.74 Å². The van der Waals surface area contributed by atoms with E-state index < -0.39 is 5.92 Å². The summed E-state index contributed by atoms with van der Waals surface area (Å²) in [4.78, 5) is 31.2. The molecule has 0 fully saturated rings. The summed E-state index contributed by atoms with van der Waals surface area (Å²) in [7, 11) is 0. The minimum absolute atomic E-state index is 0.0811. The number of carbonyl (C=O) groups excluding carboxylic acids is 2. The van der Waals surface area contributed by atoms with Crippen molar-refractivity contribution in [2.75, 3.05) is 0 Å². The van der Waals surface area contributed by atoms with Gasteiger partial charge in [0.05, 0.1) is 6.10 Å². The highest BCUT2D eigenvalue weighted by Gasteiger charge is 2.44. The van der Waals surface area contributed by atoms with Crippen LogP contribution in [0.5, 0.6) is 0 Å². The molecule has 0 saturated carbocycles. The Balaban J connectivity index is 1.78. The first-order chi connectivity index (χ1) is 14.5. The lowest BCUT2D eigenvalue weighted by atomic mass is 9.69. The maximum atomic E-state index is 13.4. The van der Waals surface area contributed by atoms with Crippen LogP contribution in [-0.4, -0.2) is 23.6 Å². The topological polar surface area (TPSA) is 55.7 Å². The van der Waals surface area contributed by atoms with E-state index in [4.69, 9.17) is 9.73 Å². The predicted molar refractivity (Wildman–Crippen MR) is 117 cm³/mol. The third-order valence-electron chi connectivity index (χ3n) is 5.92. The molecule has 2 aromatic rings. The summed E-state index contributed by atoms with van der Waals surface area (Å²) in [6, 6.07) is 19.9. The standard InChI is InChI=1S/C26H27NO3/c1-16(2)30-26(29)23-17(3)27-21-14-20(18-10-6-4-7-11-18)15-22(28)25(21)24(23)19-12-8-5-9-13-19/h4-13,16,20,23-24H,14-15H2,1-3H3/t20-,23?,24+/m0/s1. The zero-order valence-corrected chi connectivity index (χ0v) is 17.7. The number of esters is 1. The number of rotatable bonds is 4. The van der Waals surface area contributed by atoms with E-state index in [2.05, 4.69) is 12.1 Å². The smallest absolute Gasteiger partial charge is 0.315 e. The van der Waals surface area contributed by atoms with Gasteiger partial charge >= 0.3 is 5.97 Å². The molecule has 2 aromatic carbocycles. The molecule has 0 aromatic heterocycles. The molecule has 0 amide bonds. The summed E-state index contributed by atoms with van der Waals surface area (Å²) >= 11 is 0. The van der Waals surface area contributed by atoms with Gasteiger partial charge in [0, 0.05) is 29.3 Å². The zero-order chi connectivity index (χ0) is 21.3. The second-order valence-electron chi connectivity index (χ2n) is 8.40. The Bertz CT molecular complexity index is 1010. The lowest BCUT2D eigenvalue weighted by Crippen LogP contribution is -2.38. The van der Waals surface area contributed by atoms with Crippen molar-refractivity contribution in [3.05, 3.63) is 83.1 Å². The number of aliphatic imine (C=N–C) groups is 1. The fourth-order valence-corrected chi connectivity index (χ4v) is 4.65. The minimum Gasteiger partial charge on any atom is -0.462 e. The van der Waals surface area contributed by atoms with Crippen LogP contribution in [-0.2, 0) is 14.3 Å². The van der Waals surface area contributed by atoms with E-state index in [9.17, 15) is 9.59 Å². The maximum Gasteiger partial charge on any atom is 0.315 e. The van der Waals surface area contributed by atoms with Crippen LogP contribution in [0.15, 0.2) is 76.9 Å². The fraction of sp³-hybridized carbons (Fsp3) is 0.346. The van der Waals surface area contributed by atoms with Crippen molar-refractivity contribution in [2.24, 2.45) is 10.9 Å². The molecule has 0 radical (unpaired) electrons. The number of ether oxygens (including phenoxy) is 1. The molecule has 4 rings (SSSR count). The van der Waals surface area contributed by atoms with E-state index in [-0.39, 0.29) is 29.7 Å². The number of nitrogens with zero attached hydrogens (tertiary/aromatic N) is 1. The van der Waals surface area contributed by atoms with Crippen LogP contribution < -0.4 is 0 Å². The molecule has 2 aliphatic rings. The molecule has 4 nitrogen and oxygen atoms in total. The normalized spacial score (nSPS) is 23.8. The van der Waals surface area contributed by atoms with Crippen molar-refractivity contribution in [3.8, 4) is 0 Å². The molecule has 1 aliphatic carbocycles. The quantitative estimate of drug-likeness (QED) is 0.661. The first-order valence-electron chi connectivity index (χ1n) is 10.6. The lowest BCUT2D eigenvalue weighted by molar-refractivity contribution is -0.150. The van der Waals surface area contributed by atoms with Crippen LogP contribution >= 0.6 is 0 Å². The Hall–Kier alpha value is -3.01. The van der Waals surface area contributed by atoms with Gasteiger partial charge in [-0.15, -0.1) is 0 Å². The molecule has 3 atom stereocenters. The van der Waals surface area contributed by atoms with Crippen molar-refractivity contribution in [2.45, 2.75) is 51.6 Å². The number of benzene rings is 2. The molecule has 0 saturated heterocycles.